The van der Waals surface area contributed by atoms with Gasteiger partial charge >= 0.3 is 0 Å². The minimum Gasteiger partial charge on any atom is -0.382 e. The molecule has 0 bridgehead atoms. The molecular weight excluding hydrogens is 226 g/mol. The zero-order chi connectivity index (χ0) is 12.8. The van der Waals surface area contributed by atoms with Crippen LogP contribution in [0.4, 0.5) is 0 Å². The van der Waals surface area contributed by atoms with Crippen molar-refractivity contribution in [1.29, 1.82) is 0 Å². The van der Waals surface area contributed by atoms with Gasteiger partial charge in [-0.1, -0.05) is 36.4 Å². The Morgan fingerprint density at radius 2 is 1.83 bits per heavy atom. The van der Waals surface area contributed by atoms with E-state index in [0.717, 1.165) is 5.56 Å². The van der Waals surface area contributed by atoms with Gasteiger partial charge in [-0.2, -0.15) is 0 Å². The van der Waals surface area contributed by atoms with Crippen LogP contribution in [0.3, 0.4) is 0 Å². The molecule has 18 heavy (non-hydrogen) atoms. The first-order valence-electron chi connectivity index (χ1n) is 6.12. The highest BCUT2D eigenvalue weighted by Crippen LogP contribution is 2.19. The molecule has 3 heteroatoms. The first-order chi connectivity index (χ1) is 8.81. The van der Waals surface area contributed by atoms with Crippen molar-refractivity contribution in [3.05, 3.63) is 48.0 Å². The van der Waals surface area contributed by atoms with Crippen LogP contribution in [-0.4, -0.2) is 26.9 Å². The van der Waals surface area contributed by atoms with Crippen LogP contribution in [0.1, 0.15) is 11.6 Å². The highest BCUT2D eigenvalue weighted by molar-refractivity contribution is 5.83. The van der Waals surface area contributed by atoms with E-state index in [1.54, 1.807) is 7.11 Å². The SMILES string of the molecule is COCCOCC(N)c1ccc2ccccc2c1. The van der Waals surface area contributed by atoms with Crippen LogP contribution in [0.25, 0.3) is 10.8 Å². The van der Waals surface area contributed by atoms with Crippen LogP contribution in [0.2, 0.25) is 0 Å². The van der Waals surface area contributed by atoms with Gasteiger partial charge in [-0.05, 0) is 22.4 Å². The number of fused-ring (bicyclic) bond motifs is 1. The van der Waals surface area contributed by atoms with Crippen molar-refractivity contribution < 1.29 is 9.47 Å². The van der Waals surface area contributed by atoms with Crippen LogP contribution < -0.4 is 5.73 Å². The van der Waals surface area contributed by atoms with Gasteiger partial charge in [-0.15, -0.1) is 0 Å². The fourth-order valence-electron chi connectivity index (χ4n) is 1.89. The fourth-order valence-corrected chi connectivity index (χ4v) is 1.89. The van der Waals surface area contributed by atoms with E-state index < -0.39 is 0 Å². The van der Waals surface area contributed by atoms with Gasteiger partial charge in [-0.3, -0.25) is 0 Å². The third-order valence-corrected chi connectivity index (χ3v) is 2.93. The smallest absolute Gasteiger partial charge is 0.0701 e. The summed E-state index contributed by atoms with van der Waals surface area (Å²) in [5.74, 6) is 0. The zero-order valence-electron chi connectivity index (χ0n) is 10.6. The minimum absolute atomic E-state index is 0.0912. The molecule has 2 aromatic rings. The van der Waals surface area contributed by atoms with Gasteiger partial charge in [0.15, 0.2) is 0 Å². The second-order valence-electron chi connectivity index (χ2n) is 4.28. The highest BCUT2D eigenvalue weighted by Gasteiger charge is 2.06. The van der Waals surface area contributed by atoms with Crippen LogP contribution in [0.5, 0.6) is 0 Å². The van der Waals surface area contributed by atoms with Gasteiger partial charge < -0.3 is 15.2 Å². The van der Waals surface area contributed by atoms with Crippen molar-refractivity contribution in [2.45, 2.75) is 6.04 Å². The van der Waals surface area contributed by atoms with Crippen molar-refractivity contribution in [2.24, 2.45) is 5.73 Å². The molecule has 0 spiro atoms. The molecule has 3 nitrogen and oxygen atoms in total. The highest BCUT2D eigenvalue weighted by atomic mass is 16.5. The monoisotopic (exact) mass is 245 g/mol. The normalized spacial score (nSPS) is 12.8. The molecule has 0 fully saturated rings. The molecule has 0 saturated heterocycles. The molecule has 2 rings (SSSR count). The Morgan fingerprint density at radius 1 is 1.06 bits per heavy atom. The Bertz CT molecular complexity index is 499. The summed E-state index contributed by atoms with van der Waals surface area (Å²) in [7, 11) is 1.66. The van der Waals surface area contributed by atoms with E-state index in [4.69, 9.17) is 15.2 Å². The molecule has 0 aliphatic heterocycles. The Labute approximate surface area is 108 Å². The number of methoxy groups -OCH3 is 1. The molecular formula is C15H19NO2. The molecule has 0 aromatic heterocycles. The van der Waals surface area contributed by atoms with Crippen molar-refractivity contribution in [1.82, 2.24) is 0 Å². The van der Waals surface area contributed by atoms with Gasteiger partial charge in [0.05, 0.1) is 25.9 Å². The minimum atomic E-state index is -0.0912. The van der Waals surface area contributed by atoms with E-state index in [0.29, 0.717) is 19.8 Å². The average Bonchev–Trinajstić information content (AvgIpc) is 2.43. The van der Waals surface area contributed by atoms with E-state index in [2.05, 4.69) is 30.3 Å². The summed E-state index contributed by atoms with van der Waals surface area (Å²) in [6.07, 6.45) is 0. The summed E-state index contributed by atoms with van der Waals surface area (Å²) in [6.45, 7) is 1.70. The average molecular weight is 245 g/mol. The standard InChI is InChI=1S/C15H19NO2/c1-17-8-9-18-11-15(16)14-7-6-12-4-2-3-5-13(12)10-14/h2-7,10,15H,8-9,11,16H2,1H3. The number of benzene rings is 2. The molecule has 2 aromatic carbocycles. The van der Waals surface area contributed by atoms with E-state index in [9.17, 15) is 0 Å². The predicted octanol–water partition coefficient (Wildman–Crippen LogP) is 2.50. The molecule has 0 amide bonds. The molecule has 1 atom stereocenters. The summed E-state index contributed by atoms with van der Waals surface area (Å²) < 4.78 is 10.4. The largest absolute Gasteiger partial charge is 0.382 e. The summed E-state index contributed by atoms with van der Waals surface area (Å²) in [6, 6.07) is 14.5. The molecule has 96 valence electrons. The molecule has 2 N–H and O–H groups in total. The molecule has 0 saturated carbocycles. The summed E-state index contributed by atoms with van der Waals surface area (Å²) in [5.41, 5.74) is 7.21. The van der Waals surface area contributed by atoms with Crippen molar-refractivity contribution in [3.8, 4) is 0 Å². The Kier molecular flexibility index (Phi) is 4.70. The first kappa shape index (κ1) is 13.0. The predicted molar refractivity (Wildman–Crippen MR) is 73.6 cm³/mol. The lowest BCUT2D eigenvalue weighted by Gasteiger charge is -2.13. The summed E-state index contributed by atoms with van der Waals surface area (Å²) in [4.78, 5) is 0. The number of hydrogen-bond acceptors (Lipinski definition) is 3. The summed E-state index contributed by atoms with van der Waals surface area (Å²) >= 11 is 0. The summed E-state index contributed by atoms with van der Waals surface area (Å²) in [5, 5.41) is 2.44. The number of nitrogens with two attached hydrogens (primary N) is 1. The van der Waals surface area contributed by atoms with Gasteiger partial charge in [-0.25, -0.2) is 0 Å². The van der Waals surface area contributed by atoms with E-state index >= 15 is 0 Å². The van der Waals surface area contributed by atoms with E-state index in [1.807, 2.05) is 12.1 Å². The number of ether oxygens (including phenoxy) is 2. The molecule has 0 radical (unpaired) electrons. The quantitative estimate of drug-likeness (QED) is 0.795. The van der Waals surface area contributed by atoms with Gasteiger partial charge in [0.2, 0.25) is 0 Å². The van der Waals surface area contributed by atoms with Crippen molar-refractivity contribution in [3.63, 3.8) is 0 Å². The Balaban J connectivity index is 2.01. The number of rotatable bonds is 6. The second-order valence-corrected chi connectivity index (χ2v) is 4.28. The zero-order valence-corrected chi connectivity index (χ0v) is 10.6. The Hall–Kier alpha value is -1.42. The molecule has 0 aliphatic rings. The third kappa shape index (κ3) is 3.29. The van der Waals surface area contributed by atoms with E-state index in [-0.39, 0.29) is 6.04 Å². The van der Waals surface area contributed by atoms with Gasteiger partial charge in [0, 0.05) is 7.11 Å². The number of hydrogen-bond donors (Lipinski definition) is 1. The first-order valence-corrected chi connectivity index (χ1v) is 6.12. The topological polar surface area (TPSA) is 44.5 Å². The lowest BCUT2D eigenvalue weighted by molar-refractivity contribution is 0.0636. The van der Waals surface area contributed by atoms with Crippen LogP contribution in [0, 0.1) is 0 Å². The maximum absolute atomic E-state index is 6.10. The maximum atomic E-state index is 6.10. The fraction of sp³-hybridized carbons (Fsp3) is 0.333. The third-order valence-electron chi connectivity index (χ3n) is 2.93. The Morgan fingerprint density at radius 3 is 2.61 bits per heavy atom. The molecule has 0 aliphatic carbocycles. The van der Waals surface area contributed by atoms with Crippen molar-refractivity contribution in [2.75, 3.05) is 26.9 Å². The van der Waals surface area contributed by atoms with Crippen LogP contribution >= 0.6 is 0 Å². The van der Waals surface area contributed by atoms with Gasteiger partial charge in [0.1, 0.15) is 0 Å². The lowest BCUT2D eigenvalue weighted by atomic mass is 10.0. The van der Waals surface area contributed by atoms with Crippen molar-refractivity contribution >= 4 is 10.8 Å². The maximum Gasteiger partial charge on any atom is 0.0701 e. The van der Waals surface area contributed by atoms with Gasteiger partial charge in [0.25, 0.3) is 0 Å². The van der Waals surface area contributed by atoms with Crippen LogP contribution in [-0.2, 0) is 9.47 Å². The van der Waals surface area contributed by atoms with E-state index in [1.165, 1.54) is 10.8 Å². The van der Waals surface area contributed by atoms with Crippen LogP contribution in [0.15, 0.2) is 42.5 Å². The second kappa shape index (κ2) is 6.50. The molecule has 1 unspecified atom stereocenters. The molecule has 0 heterocycles. The lowest BCUT2D eigenvalue weighted by Crippen LogP contribution is -2.18.